The van der Waals surface area contributed by atoms with Crippen molar-refractivity contribution in [3.63, 3.8) is 0 Å². The van der Waals surface area contributed by atoms with Gasteiger partial charge in [-0.05, 0) is 0 Å². The minimum atomic E-state index is -0.879. The Balaban J connectivity index is 2.28. The first-order valence-electron chi connectivity index (χ1n) is 6.28. The van der Waals surface area contributed by atoms with Gasteiger partial charge in [-0.2, -0.15) is 0 Å². The van der Waals surface area contributed by atoms with Gasteiger partial charge in [0.2, 0.25) is 6.10 Å². The first-order valence-corrected chi connectivity index (χ1v) is 6.28. The summed E-state index contributed by atoms with van der Waals surface area (Å²) in [4.78, 5) is 23.5. The van der Waals surface area contributed by atoms with Crippen LogP contribution in [0, 0.1) is 0 Å². The summed E-state index contributed by atoms with van der Waals surface area (Å²) in [6.45, 7) is 0.250. The average molecular weight is 296 g/mol. The molecule has 0 radical (unpaired) electrons. The fourth-order valence-electron chi connectivity index (χ4n) is 1.97. The van der Waals surface area contributed by atoms with Crippen LogP contribution >= 0.6 is 0 Å². The van der Waals surface area contributed by atoms with Crippen molar-refractivity contribution in [1.29, 1.82) is 0 Å². The number of rotatable bonds is 5. The molecule has 0 bridgehead atoms. The van der Waals surface area contributed by atoms with Gasteiger partial charge in [0, 0.05) is 18.6 Å². The summed E-state index contributed by atoms with van der Waals surface area (Å²) in [7, 11) is 4.35. The molecule has 0 saturated carbocycles. The third kappa shape index (κ3) is 3.01. The summed E-state index contributed by atoms with van der Waals surface area (Å²) in [5.41, 5.74) is 0.148. The molecule has 0 N–H and O–H groups in total. The number of hydrogen-bond donors (Lipinski definition) is 0. The maximum absolute atomic E-state index is 12.2. The summed E-state index contributed by atoms with van der Waals surface area (Å²) in [5.74, 6) is -0.172. The number of methoxy groups -OCH3 is 3. The van der Waals surface area contributed by atoms with Gasteiger partial charge in [0.25, 0.3) is 0 Å². The van der Waals surface area contributed by atoms with Gasteiger partial charge in [-0.25, -0.2) is 9.59 Å². The standard InChI is InChI=1S/C14H16O7/c1-17-10-7-12(19-3)11(18-2)6-8(10)13(15)21-9-4-5-20-14(9)16/h6-7,9H,4-5H2,1-3H3/t9-/m0/s1. The molecule has 1 aliphatic rings. The monoisotopic (exact) mass is 296 g/mol. The van der Waals surface area contributed by atoms with Crippen molar-refractivity contribution in [2.75, 3.05) is 27.9 Å². The van der Waals surface area contributed by atoms with Crippen LogP contribution in [-0.4, -0.2) is 46.0 Å². The third-order valence-corrected chi connectivity index (χ3v) is 3.06. The van der Waals surface area contributed by atoms with E-state index >= 15 is 0 Å². The molecule has 1 aromatic carbocycles. The first-order chi connectivity index (χ1) is 10.1. The van der Waals surface area contributed by atoms with Crippen LogP contribution in [0.25, 0.3) is 0 Å². The fraction of sp³-hybridized carbons (Fsp3) is 0.429. The Labute approximate surface area is 121 Å². The zero-order valence-electron chi connectivity index (χ0n) is 12.0. The van der Waals surface area contributed by atoms with E-state index in [-0.39, 0.29) is 17.9 Å². The van der Waals surface area contributed by atoms with Crippen molar-refractivity contribution in [2.45, 2.75) is 12.5 Å². The van der Waals surface area contributed by atoms with E-state index in [0.717, 1.165) is 0 Å². The molecule has 7 heteroatoms. The van der Waals surface area contributed by atoms with E-state index in [1.165, 1.54) is 33.5 Å². The number of cyclic esters (lactones) is 1. The lowest BCUT2D eigenvalue weighted by atomic mass is 10.1. The molecule has 1 aromatic rings. The number of carbonyl (C=O) groups excluding carboxylic acids is 2. The van der Waals surface area contributed by atoms with Crippen molar-refractivity contribution >= 4 is 11.9 Å². The van der Waals surface area contributed by atoms with Crippen LogP contribution in [0.1, 0.15) is 16.8 Å². The van der Waals surface area contributed by atoms with Gasteiger partial charge in [-0.1, -0.05) is 0 Å². The van der Waals surface area contributed by atoms with Crippen LogP contribution < -0.4 is 14.2 Å². The first kappa shape index (κ1) is 15.0. The Morgan fingerprint density at radius 3 is 2.24 bits per heavy atom. The molecule has 0 amide bonds. The molecule has 0 unspecified atom stereocenters. The van der Waals surface area contributed by atoms with Crippen molar-refractivity contribution in [1.82, 2.24) is 0 Å². The molecule has 0 aliphatic carbocycles. The number of esters is 2. The van der Waals surface area contributed by atoms with Crippen molar-refractivity contribution < 1.29 is 33.3 Å². The second kappa shape index (κ2) is 6.34. The zero-order chi connectivity index (χ0) is 15.4. The maximum Gasteiger partial charge on any atom is 0.347 e. The van der Waals surface area contributed by atoms with E-state index < -0.39 is 18.0 Å². The third-order valence-electron chi connectivity index (χ3n) is 3.06. The highest BCUT2D eigenvalue weighted by Gasteiger charge is 2.31. The molecule has 21 heavy (non-hydrogen) atoms. The molecule has 1 saturated heterocycles. The van der Waals surface area contributed by atoms with Crippen LogP contribution in [0.2, 0.25) is 0 Å². The summed E-state index contributed by atoms with van der Waals surface area (Å²) < 4.78 is 25.3. The van der Waals surface area contributed by atoms with Gasteiger partial charge < -0.3 is 23.7 Å². The van der Waals surface area contributed by atoms with E-state index in [0.29, 0.717) is 17.9 Å². The number of hydrogen-bond acceptors (Lipinski definition) is 7. The number of ether oxygens (including phenoxy) is 5. The molecular formula is C14H16O7. The molecule has 1 aliphatic heterocycles. The number of benzene rings is 1. The van der Waals surface area contributed by atoms with Gasteiger partial charge >= 0.3 is 11.9 Å². The van der Waals surface area contributed by atoms with Crippen molar-refractivity contribution in [3.05, 3.63) is 17.7 Å². The lowest BCUT2D eigenvalue weighted by Crippen LogP contribution is -2.23. The lowest BCUT2D eigenvalue weighted by Gasteiger charge is -2.14. The van der Waals surface area contributed by atoms with Crippen LogP contribution in [0.5, 0.6) is 17.2 Å². The smallest absolute Gasteiger partial charge is 0.347 e. The highest BCUT2D eigenvalue weighted by atomic mass is 16.6. The molecule has 0 spiro atoms. The van der Waals surface area contributed by atoms with E-state index in [1.807, 2.05) is 0 Å². The second-order valence-corrected chi connectivity index (χ2v) is 4.26. The fourth-order valence-corrected chi connectivity index (χ4v) is 1.97. The van der Waals surface area contributed by atoms with Gasteiger partial charge in [0.15, 0.2) is 11.5 Å². The molecule has 1 atom stereocenters. The molecule has 7 nitrogen and oxygen atoms in total. The highest BCUT2D eigenvalue weighted by molar-refractivity contribution is 5.95. The average Bonchev–Trinajstić information content (AvgIpc) is 2.90. The van der Waals surface area contributed by atoms with Crippen LogP contribution in [-0.2, 0) is 14.3 Å². The van der Waals surface area contributed by atoms with Crippen molar-refractivity contribution in [2.24, 2.45) is 0 Å². The van der Waals surface area contributed by atoms with E-state index in [1.54, 1.807) is 0 Å². The molecule has 0 aromatic heterocycles. The molecule has 2 rings (SSSR count). The summed E-state index contributed by atoms with van der Waals surface area (Å²) >= 11 is 0. The van der Waals surface area contributed by atoms with Crippen LogP contribution in [0.15, 0.2) is 12.1 Å². The normalized spacial score (nSPS) is 17.1. The number of carbonyl (C=O) groups is 2. The van der Waals surface area contributed by atoms with Crippen LogP contribution in [0.3, 0.4) is 0 Å². The maximum atomic E-state index is 12.2. The minimum Gasteiger partial charge on any atom is -0.496 e. The van der Waals surface area contributed by atoms with E-state index in [9.17, 15) is 9.59 Å². The quantitative estimate of drug-likeness (QED) is 0.755. The summed E-state index contributed by atoms with van der Waals surface area (Å²) in [5, 5.41) is 0. The van der Waals surface area contributed by atoms with Gasteiger partial charge in [0.05, 0.1) is 27.9 Å². The molecule has 1 heterocycles. The highest BCUT2D eigenvalue weighted by Crippen LogP contribution is 2.35. The lowest BCUT2D eigenvalue weighted by molar-refractivity contribution is -0.145. The van der Waals surface area contributed by atoms with Gasteiger partial charge in [-0.3, -0.25) is 0 Å². The molecule has 1 fully saturated rings. The topological polar surface area (TPSA) is 80.3 Å². The molecular weight excluding hydrogens is 280 g/mol. The molecule has 114 valence electrons. The Morgan fingerprint density at radius 1 is 1.10 bits per heavy atom. The SMILES string of the molecule is COc1cc(OC)c(C(=O)O[C@H]2CCOC2=O)cc1OC. The van der Waals surface area contributed by atoms with Crippen molar-refractivity contribution in [3.8, 4) is 17.2 Å². The summed E-state index contributed by atoms with van der Waals surface area (Å²) in [6, 6.07) is 2.96. The second-order valence-electron chi connectivity index (χ2n) is 4.26. The largest absolute Gasteiger partial charge is 0.496 e. The van der Waals surface area contributed by atoms with Crippen LogP contribution in [0.4, 0.5) is 0 Å². The Hall–Kier alpha value is -2.44. The van der Waals surface area contributed by atoms with E-state index in [2.05, 4.69) is 0 Å². The Kier molecular flexibility index (Phi) is 4.52. The Bertz CT molecular complexity index is 552. The predicted octanol–water partition coefficient (Wildman–Crippen LogP) is 1.18. The van der Waals surface area contributed by atoms with E-state index in [4.69, 9.17) is 23.7 Å². The predicted molar refractivity (Wildman–Crippen MR) is 70.9 cm³/mol. The van der Waals surface area contributed by atoms with Gasteiger partial charge in [-0.15, -0.1) is 0 Å². The summed E-state index contributed by atoms with van der Waals surface area (Å²) in [6.07, 6.45) is -0.532. The zero-order valence-corrected chi connectivity index (χ0v) is 12.0. The minimum absolute atomic E-state index is 0.148. The van der Waals surface area contributed by atoms with Gasteiger partial charge in [0.1, 0.15) is 11.3 Å². The Morgan fingerprint density at radius 2 is 1.71 bits per heavy atom.